The molecule has 0 unspecified atom stereocenters. The molecule has 366 valence electrons. The maximum atomic E-state index is 15.5. The highest BCUT2D eigenvalue weighted by molar-refractivity contribution is 6.02. The van der Waals surface area contributed by atoms with Gasteiger partial charge in [-0.15, -0.1) is 0 Å². The second-order valence-corrected chi connectivity index (χ2v) is 24.0. The Labute approximate surface area is 408 Å². The van der Waals surface area contributed by atoms with Gasteiger partial charge in [-0.25, -0.2) is 0 Å². The number of hydrogen-bond acceptors (Lipinski definition) is 6. The van der Waals surface area contributed by atoms with Gasteiger partial charge >= 0.3 is 0 Å². The van der Waals surface area contributed by atoms with Crippen LogP contribution in [0.4, 0.5) is 11.4 Å². The van der Waals surface area contributed by atoms with Crippen molar-refractivity contribution in [1.82, 2.24) is 10.2 Å². The summed E-state index contributed by atoms with van der Waals surface area (Å²) < 4.78 is 6.98. The van der Waals surface area contributed by atoms with E-state index in [9.17, 15) is 5.11 Å². The lowest BCUT2D eigenvalue weighted by molar-refractivity contribution is -0.246. The maximum absolute atomic E-state index is 15.5. The highest BCUT2D eigenvalue weighted by atomic mass is 16.5. The predicted octanol–water partition coefficient (Wildman–Crippen LogP) is 12.4. The molecule has 3 aromatic rings. The second-order valence-electron chi connectivity index (χ2n) is 24.0. The van der Waals surface area contributed by atoms with Crippen LogP contribution in [0.3, 0.4) is 0 Å². The van der Waals surface area contributed by atoms with Gasteiger partial charge in [0, 0.05) is 79.5 Å². The van der Waals surface area contributed by atoms with Gasteiger partial charge in [-0.1, -0.05) is 77.1 Å². The molecule has 5 fully saturated rings. The fraction of sp³-hybridized carbons (Fsp3) is 0.633. The Morgan fingerprint density at radius 3 is 2.00 bits per heavy atom. The molecule has 3 aromatic carbocycles. The number of rotatable bonds is 11. The molecule has 0 radical (unpaired) electrons. The molecular formula is C60H82N4O4. The van der Waals surface area contributed by atoms with Gasteiger partial charge in [0.05, 0.1) is 11.5 Å². The molecule has 10 rings (SSSR count). The first kappa shape index (κ1) is 47.4. The lowest BCUT2D eigenvalue weighted by Gasteiger charge is -2.72. The van der Waals surface area contributed by atoms with Gasteiger partial charge < -0.3 is 29.9 Å². The molecule has 2 N–H and O–H groups in total. The number of fused-ring (bicyclic) bond motifs is 13. The molecule has 8 heteroatoms. The van der Waals surface area contributed by atoms with Crippen molar-refractivity contribution in [3.8, 4) is 11.5 Å². The molecule has 2 aliphatic heterocycles. The number of carbonyl (C=O) groups is 2. The summed E-state index contributed by atoms with van der Waals surface area (Å²) in [7, 11) is 0. The number of allylic oxidation sites excluding steroid dienone is 1. The highest BCUT2D eigenvalue weighted by Crippen LogP contribution is 2.77. The van der Waals surface area contributed by atoms with Crippen LogP contribution in [0.25, 0.3) is 0 Å². The molecule has 68 heavy (non-hydrogen) atoms. The van der Waals surface area contributed by atoms with Gasteiger partial charge in [0.2, 0.25) is 5.91 Å². The van der Waals surface area contributed by atoms with Crippen molar-refractivity contribution >= 4 is 23.2 Å². The number of ether oxygens (including phenoxy) is 1. The molecular weight excluding hydrogens is 841 g/mol. The second kappa shape index (κ2) is 16.7. The number of hydrogen-bond donors (Lipinski definition) is 2. The van der Waals surface area contributed by atoms with Gasteiger partial charge in [-0.3, -0.25) is 9.59 Å². The topological polar surface area (TPSA) is 85.4 Å². The lowest BCUT2D eigenvalue weighted by Crippen LogP contribution is -2.67. The molecule has 7 aliphatic rings. The number of aliphatic hydroxyl groups is 1. The summed E-state index contributed by atoms with van der Waals surface area (Å²) in [5.41, 5.74) is 5.94. The van der Waals surface area contributed by atoms with E-state index in [4.69, 9.17) is 4.74 Å². The van der Waals surface area contributed by atoms with Gasteiger partial charge in [-0.05, 0) is 174 Å². The molecule has 2 heterocycles. The molecule has 0 saturated heterocycles. The lowest BCUT2D eigenvalue weighted by atomic mass is 9.32. The van der Waals surface area contributed by atoms with Crippen LogP contribution in [0.15, 0.2) is 72.8 Å². The Bertz CT molecular complexity index is 2430. The third kappa shape index (κ3) is 6.32. The first-order chi connectivity index (χ1) is 32.4. The van der Waals surface area contributed by atoms with Crippen LogP contribution in [0.5, 0.6) is 11.5 Å². The van der Waals surface area contributed by atoms with E-state index in [-0.39, 0.29) is 45.5 Å². The van der Waals surface area contributed by atoms with Crippen molar-refractivity contribution in [3.63, 3.8) is 0 Å². The van der Waals surface area contributed by atoms with Crippen molar-refractivity contribution in [1.29, 1.82) is 0 Å². The summed E-state index contributed by atoms with van der Waals surface area (Å²) >= 11 is 0. The zero-order valence-electron chi connectivity index (χ0n) is 43.3. The fourth-order valence-electron chi connectivity index (χ4n) is 17.9. The van der Waals surface area contributed by atoms with Crippen LogP contribution in [-0.2, 0) is 10.3 Å². The van der Waals surface area contributed by atoms with E-state index < -0.39 is 11.0 Å². The average Bonchev–Trinajstić information content (AvgIpc) is 3.83. The average molecular weight is 923 g/mol. The van der Waals surface area contributed by atoms with Crippen molar-refractivity contribution in [2.75, 3.05) is 49.1 Å². The van der Waals surface area contributed by atoms with Crippen molar-refractivity contribution in [2.45, 2.75) is 145 Å². The summed E-state index contributed by atoms with van der Waals surface area (Å²) in [5.74, 6) is 3.80. The molecule has 2 amide bonds. The minimum Gasteiger partial charge on any atom is -0.456 e. The number of amides is 2. The Kier molecular flexibility index (Phi) is 11.6. The van der Waals surface area contributed by atoms with Crippen LogP contribution < -0.4 is 19.9 Å². The zero-order chi connectivity index (χ0) is 48.3. The number of anilines is 2. The number of carbonyl (C=O) groups excluding carboxylic acids is 2. The van der Waals surface area contributed by atoms with E-state index in [0.29, 0.717) is 42.3 Å². The molecule has 1 spiro atoms. The third-order valence-electron chi connectivity index (χ3n) is 21.5. The Balaban J connectivity index is 0.985. The van der Waals surface area contributed by atoms with E-state index in [2.05, 4.69) is 144 Å². The van der Waals surface area contributed by atoms with Crippen LogP contribution >= 0.6 is 0 Å². The third-order valence-corrected chi connectivity index (χ3v) is 21.5. The molecule has 5 aliphatic carbocycles. The van der Waals surface area contributed by atoms with E-state index in [0.717, 1.165) is 111 Å². The van der Waals surface area contributed by atoms with Gasteiger partial charge in [0.15, 0.2) is 0 Å². The molecule has 5 saturated carbocycles. The highest BCUT2D eigenvalue weighted by Gasteiger charge is 2.72. The van der Waals surface area contributed by atoms with Gasteiger partial charge in [0.1, 0.15) is 17.0 Å². The SMILES string of the molecule is C=C(C)[C@@H]1CC[C@]2(C(=O)NCCN3C(=O)c4ccccc4C34c3ccc(N(CC)CC)cc3Oc3cc(N(CC)CC)ccc34)CC[C@]3(C)[C@H](CC[C@@H]4[C@@]5(C)CC[C@H](O)C(C)(C)[C@@H]5CC[C@]43C)[C@@H]12. The van der Waals surface area contributed by atoms with E-state index in [1.807, 2.05) is 12.1 Å². The Morgan fingerprint density at radius 2 is 1.38 bits per heavy atom. The van der Waals surface area contributed by atoms with E-state index >= 15 is 9.59 Å². The van der Waals surface area contributed by atoms with Crippen LogP contribution in [-0.4, -0.2) is 67.2 Å². The van der Waals surface area contributed by atoms with Crippen LogP contribution in [0.1, 0.15) is 160 Å². The summed E-state index contributed by atoms with van der Waals surface area (Å²) in [5, 5.41) is 14.9. The summed E-state index contributed by atoms with van der Waals surface area (Å²) in [4.78, 5) is 37.4. The van der Waals surface area contributed by atoms with E-state index in [1.54, 1.807) is 0 Å². The monoisotopic (exact) mass is 923 g/mol. The molecule has 8 nitrogen and oxygen atoms in total. The van der Waals surface area contributed by atoms with Crippen LogP contribution in [0, 0.1) is 56.7 Å². The standard InChI is InChI=1S/C60H82N4O4/c1-12-62(13-2)39-20-22-44-47(36-39)68-48-37-40(63(14-3)15-4)21-23-45(48)60(44)43-19-17-16-18-42(43)53(66)64(60)35-34-61-54(67)59-31-26-41(38(5)6)52(59)46-24-25-50-56(9)29-28-51(65)55(7,8)49(56)27-30-58(50,11)57(46,10)32-33-59/h16-23,36-37,41,46,49-52,65H,5,12-15,24-35H2,1-4,6-11H3,(H,61,67)/t41-,46+,49-,50+,51-,52+,56-,57+,58+,59-/m0/s1. The Hall–Kier alpha value is -4.30. The maximum Gasteiger partial charge on any atom is 0.255 e. The largest absolute Gasteiger partial charge is 0.456 e. The number of benzene rings is 3. The van der Waals surface area contributed by atoms with Crippen molar-refractivity contribution < 1.29 is 19.4 Å². The number of aliphatic hydroxyl groups excluding tert-OH is 1. The summed E-state index contributed by atoms with van der Waals surface area (Å²) in [6, 6.07) is 21.2. The normalized spacial score (nSPS) is 34.6. The van der Waals surface area contributed by atoms with Gasteiger partial charge in [-0.2, -0.15) is 0 Å². The van der Waals surface area contributed by atoms with E-state index in [1.165, 1.54) is 24.8 Å². The first-order valence-corrected chi connectivity index (χ1v) is 26.9. The Morgan fingerprint density at radius 1 is 0.750 bits per heavy atom. The van der Waals surface area contributed by atoms with Crippen molar-refractivity contribution in [2.24, 2.45) is 56.7 Å². The minimum absolute atomic E-state index is 0.0220. The molecule has 0 aromatic heterocycles. The first-order valence-electron chi connectivity index (χ1n) is 26.9. The molecule has 0 bridgehead atoms. The smallest absolute Gasteiger partial charge is 0.255 e. The van der Waals surface area contributed by atoms with Crippen molar-refractivity contribution in [3.05, 3.63) is 95.1 Å². The number of nitrogens with one attached hydrogen (secondary N) is 1. The zero-order valence-corrected chi connectivity index (χ0v) is 43.3. The minimum atomic E-state index is -0.952. The van der Waals surface area contributed by atoms with Crippen LogP contribution in [0.2, 0.25) is 0 Å². The summed E-state index contributed by atoms with van der Waals surface area (Å²) in [6.07, 6.45) is 10.4. The predicted molar refractivity (Wildman–Crippen MR) is 275 cm³/mol. The number of nitrogens with zero attached hydrogens (tertiary/aromatic N) is 3. The molecule has 10 atom stereocenters. The fourth-order valence-corrected chi connectivity index (χ4v) is 17.9. The van der Waals surface area contributed by atoms with Gasteiger partial charge in [0.25, 0.3) is 5.91 Å². The summed E-state index contributed by atoms with van der Waals surface area (Å²) in [6.45, 7) is 32.3. The quantitative estimate of drug-likeness (QED) is 0.186.